The van der Waals surface area contributed by atoms with E-state index in [4.69, 9.17) is 0 Å². The fraction of sp³-hybridized carbons (Fsp3) is 0.212. The van der Waals surface area contributed by atoms with Gasteiger partial charge in [-0.1, -0.05) is 91.8 Å². The van der Waals surface area contributed by atoms with E-state index in [1.807, 2.05) is 49.4 Å². The Hall–Kier alpha value is -3.81. The van der Waals surface area contributed by atoms with E-state index in [2.05, 4.69) is 54.9 Å². The number of aryl methyl sites for hydroxylation is 2. The molecule has 0 nitrogen and oxygen atoms in total. The zero-order chi connectivity index (χ0) is 23.8. The van der Waals surface area contributed by atoms with Crippen LogP contribution in [0.25, 0.3) is 10.8 Å². The van der Waals surface area contributed by atoms with Crippen molar-refractivity contribution in [3.8, 4) is 23.7 Å². The summed E-state index contributed by atoms with van der Waals surface area (Å²) in [6.07, 6.45) is 6.23. The molecule has 4 rings (SSSR count). The van der Waals surface area contributed by atoms with Gasteiger partial charge in [-0.15, -0.1) is 0 Å². The van der Waals surface area contributed by atoms with Crippen molar-refractivity contribution in [2.75, 3.05) is 0 Å². The zero-order valence-electron chi connectivity index (χ0n) is 19.9. The predicted molar refractivity (Wildman–Crippen MR) is 141 cm³/mol. The highest BCUT2D eigenvalue weighted by Crippen LogP contribution is 2.22. The summed E-state index contributed by atoms with van der Waals surface area (Å²) in [4.78, 5) is 0. The molecule has 0 aliphatic carbocycles. The van der Waals surface area contributed by atoms with E-state index in [9.17, 15) is 0 Å². The van der Waals surface area contributed by atoms with Crippen LogP contribution in [0.1, 0.15) is 66.0 Å². The fourth-order valence-corrected chi connectivity index (χ4v) is 3.90. The summed E-state index contributed by atoms with van der Waals surface area (Å²) in [6.45, 7) is 4.27. The van der Waals surface area contributed by atoms with Gasteiger partial charge in [-0.05, 0) is 73.2 Å². The summed E-state index contributed by atoms with van der Waals surface area (Å²) in [6, 6.07) is 25.7. The molecule has 1 heteroatoms. The minimum Gasteiger partial charge on any atom is -0.205 e. The predicted octanol–water partition coefficient (Wildman–Crippen LogP) is 8.21. The maximum absolute atomic E-state index is 15.0. The topological polar surface area (TPSA) is 0 Å². The van der Waals surface area contributed by atoms with E-state index in [0.29, 0.717) is 10.9 Å². The summed E-state index contributed by atoms with van der Waals surface area (Å²) in [5.74, 6) is 12.2. The molecule has 4 aromatic rings. The van der Waals surface area contributed by atoms with Crippen LogP contribution in [0.3, 0.4) is 0 Å². The lowest BCUT2D eigenvalue weighted by molar-refractivity contribution is 0.636. The Kier molecular flexibility index (Phi) is 7.80. The molecule has 0 saturated heterocycles. The molecule has 0 spiro atoms. The van der Waals surface area contributed by atoms with Crippen LogP contribution in [-0.4, -0.2) is 0 Å². The Labute approximate surface area is 202 Å². The van der Waals surface area contributed by atoms with Crippen LogP contribution in [0.2, 0.25) is 0 Å². The summed E-state index contributed by atoms with van der Waals surface area (Å²) in [5, 5.41) is 1.39. The van der Waals surface area contributed by atoms with Gasteiger partial charge < -0.3 is 0 Å². The van der Waals surface area contributed by atoms with Crippen molar-refractivity contribution in [2.24, 2.45) is 0 Å². The van der Waals surface area contributed by atoms with Crippen molar-refractivity contribution in [3.05, 3.63) is 118 Å². The Morgan fingerprint density at radius 3 is 2.03 bits per heavy atom. The number of hydrogen-bond acceptors (Lipinski definition) is 0. The first-order chi connectivity index (χ1) is 16.6. The van der Waals surface area contributed by atoms with Gasteiger partial charge in [0.25, 0.3) is 0 Å². The number of rotatable bonds is 5. The molecule has 4 aromatic carbocycles. The van der Waals surface area contributed by atoms with E-state index >= 15 is 4.39 Å². The van der Waals surface area contributed by atoms with Crippen molar-refractivity contribution in [1.29, 1.82) is 0 Å². The van der Waals surface area contributed by atoms with Gasteiger partial charge in [0.1, 0.15) is 5.82 Å². The van der Waals surface area contributed by atoms with Crippen LogP contribution in [0.5, 0.6) is 0 Å². The van der Waals surface area contributed by atoms with Crippen molar-refractivity contribution < 1.29 is 4.39 Å². The summed E-state index contributed by atoms with van der Waals surface area (Å²) >= 11 is 0. The number of unbranched alkanes of at least 4 members (excludes halogenated alkanes) is 3. The van der Waals surface area contributed by atoms with Gasteiger partial charge in [0, 0.05) is 22.1 Å². The standard InChI is InChI=1S/C33H29F/c1-3-4-5-6-7-26-12-14-28(15-13-26)16-17-29-19-23-32-31(24-29)22-21-30(33(32)34)20-18-27-10-8-25(2)9-11-27/h8-15,19,21-24H,3-7H2,1-2H3. The highest BCUT2D eigenvalue weighted by Gasteiger charge is 2.06. The molecule has 0 bridgehead atoms. The molecule has 0 heterocycles. The lowest BCUT2D eigenvalue weighted by atomic mass is 10.0. The van der Waals surface area contributed by atoms with Crippen LogP contribution in [0.15, 0.2) is 78.9 Å². The van der Waals surface area contributed by atoms with Crippen LogP contribution < -0.4 is 0 Å². The zero-order valence-corrected chi connectivity index (χ0v) is 19.9. The van der Waals surface area contributed by atoms with E-state index in [-0.39, 0.29) is 5.82 Å². The maximum Gasteiger partial charge on any atom is 0.146 e. The normalized spacial score (nSPS) is 10.3. The Balaban J connectivity index is 1.48. The average Bonchev–Trinajstić information content (AvgIpc) is 2.87. The van der Waals surface area contributed by atoms with Crippen LogP contribution >= 0.6 is 0 Å². The molecule has 0 N–H and O–H groups in total. The third kappa shape index (κ3) is 6.15. The van der Waals surface area contributed by atoms with Crippen LogP contribution in [-0.2, 0) is 6.42 Å². The van der Waals surface area contributed by atoms with E-state index in [1.165, 1.54) is 36.8 Å². The van der Waals surface area contributed by atoms with Gasteiger partial charge in [-0.3, -0.25) is 0 Å². The van der Waals surface area contributed by atoms with E-state index < -0.39 is 0 Å². The summed E-state index contributed by atoms with van der Waals surface area (Å²) in [5.41, 5.74) is 5.68. The van der Waals surface area contributed by atoms with Gasteiger partial charge in [0.05, 0.1) is 5.56 Å². The Morgan fingerprint density at radius 2 is 1.29 bits per heavy atom. The third-order valence-corrected chi connectivity index (χ3v) is 5.97. The number of fused-ring (bicyclic) bond motifs is 1. The van der Waals surface area contributed by atoms with Crippen LogP contribution in [0.4, 0.5) is 4.39 Å². The molecule has 0 atom stereocenters. The van der Waals surface area contributed by atoms with Crippen molar-refractivity contribution in [3.63, 3.8) is 0 Å². The molecule has 0 saturated carbocycles. The minimum atomic E-state index is -0.286. The molecule has 168 valence electrons. The van der Waals surface area contributed by atoms with Crippen molar-refractivity contribution in [1.82, 2.24) is 0 Å². The fourth-order valence-electron chi connectivity index (χ4n) is 3.90. The van der Waals surface area contributed by atoms with Crippen molar-refractivity contribution in [2.45, 2.75) is 46.0 Å². The van der Waals surface area contributed by atoms with Gasteiger partial charge in [-0.2, -0.15) is 0 Å². The number of halogens is 1. The Morgan fingerprint density at radius 1 is 0.647 bits per heavy atom. The van der Waals surface area contributed by atoms with Crippen molar-refractivity contribution >= 4 is 10.8 Å². The molecule has 0 aliphatic rings. The first-order valence-electron chi connectivity index (χ1n) is 12.0. The largest absolute Gasteiger partial charge is 0.205 e. The minimum absolute atomic E-state index is 0.286. The molecule has 0 aliphatic heterocycles. The monoisotopic (exact) mass is 444 g/mol. The van der Waals surface area contributed by atoms with Gasteiger partial charge in [0.15, 0.2) is 0 Å². The Bertz CT molecular complexity index is 1390. The van der Waals surface area contributed by atoms with Crippen LogP contribution in [0, 0.1) is 36.4 Å². The lowest BCUT2D eigenvalue weighted by Gasteiger charge is -2.03. The van der Waals surface area contributed by atoms with Gasteiger partial charge in [0.2, 0.25) is 0 Å². The maximum atomic E-state index is 15.0. The SMILES string of the molecule is CCCCCCc1ccc(C#Cc2ccc3c(F)c(C#Cc4ccc(C)cc4)ccc3c2)cc1. The number of hydrogen-bond donors (Lipinski definition) is 0. The average molecular weight is 445 g/mol. The second-order valence-electron chi connectivity index (χ2n) is 8.74. The van der Waals surface area contributed by atoms with E-state index in [0.717, 1.165) is 28.5 Å². The highest BCUT2D eigenvalue weighted by molar-refractivity contribution is 5.86. The van der Waals surface area contributed by atoms with Gasteiger partial charge in [-0.25, -0.2) is 4.39 Å². The molecule has 0 amide bonds. The molecular weight excluding hydrogens is 415 g/mol. The second-order valence-corrected chi connectivity index (χ2v) is 8.74. The summed E-state index contributed by atoms with van der Waals surface area (Å²) in [7, 11) is 0. The summed E-state index contributed by atoms with van der Waals surface area (Å²) < 4.78 is 15.0. The highest BCUT2D eigenvalue weighted by atomic mass is 19.1. The smallest absolute Gasteiger partial charge is 0.146 e. The molecule has 0 fully saturated rings. The van der Waals surface area contributed by atoms with Gasteiger partial charge >= 0.3 is 0 Å². The first-order valence-corrected chi connectivity index (χ1v) is 12.0. The second kappa shape index (κ2) is 11.4. The lowest BCUT2D eigenvalue weighted by Crippen LogP contribution is -1.88. The first kappa shape index (κ1) is 23.4. The molecule has 34 heavy (non-hydrogen) atoms. The molecule has 0 aromatic heterocycles. The van der Waals surface area contributed by atoms with E-state index in [1.54, 1.807) is 12.1 Å². The third-order valence-electron chi connectivity index (χ3n) is 5.97. The molecular formula is C33H29F. The number of benzene rings is 4. The molecule has 0 unspecified atom stereocenters. The molecule has 0 radical (unpaired) electrons. The quantitative estimate of drug-likeness (QED) is 0.215.